The van der Waals surface area contributed by atoms with Crippen molar-refractivity contribution in [3.8, 4) is 5.75 Å². The highest BCUT2D eigenvalue weighted by molar-refractivity contribution is 9.10. The van der Waals surface area contributed by atoms with Gasteiger partial charge in [0, 0.05) is 18.2 Å². The third-order valence-corrected chi connectivity index (χ3v) is 3.47. The van der Waals surface area contributed by atoms with Gasteiger partial charge in [0.2, 0.25) is 0 Å². The maximum atomic E-state index is 13.5. The summed E-state index contributed by atoms with van der Waals surface area (Å²) in [5.41, 5.74) is 0.566. The standard InChI is InChI=1S/C13H9BrClF2NO/c14-9-3-1-2-7(13(9)19)6-18-12-10(15)4-8(16)5-11(12)17/h1-5,18-19H,6H2. The molecule has 0 amide bonds. The Kier molecular flexibility index (Phi) is 4.27. The molecule has 0 radical (unpaired) electrons. The molecule has 0 fully saturated rings. The van der Waals surface area contributed by atoms with Gasteiger partial charge >= 0.3 is 0 Å². The van der Waals surface area contributed by atoms with E-state index >= 15 is 0 Å². The maximum Gasteiger partial charge on any atom is 0.150 e. The van der Waals surface area contributed by atoms with E-state index in [-0.39, 0.29) is 23.0 Å². The number of phenols is 1. The summed E-state index contributed by atoms with van der Waals surface area (Å²) in [6, 6.07) is 6.87. The summed E-state index contributed by atoms with van der Waals surface area (Å²) in [6.45, 7) is 0.160. The van der Waals surface area contributed by atoms with Crippen LogP contribution in [0.25, 0.3) is 0 Å². The van der Waals surface area contributed by atoms with E-state index in [2.05, 4.69) is 21.2 Å². The average Bonchev–Trinajstić information content (AvgIpc) is 2.33. The Labute approximate surface area is 122 Å². The van der Waals surface area contributed by atoms with Gasteiger partial charge in [0.05, 0.1) is 15.2 Å². The van der Waals surface area contributed by atoms with Crippen molar-refractivity contribution in [2.24, 2.45) is 0 Å². The second kappa shape index (κ2) is 5.75. The molecule has 0 spiro atoms. The Balaban J connectivity index is 2.22. The Morgan fingerprint density at radius 3 is 2.68 bits per heavy atom. The first kappa shape index (κ1) is 14.1. The molecule has 100 valence electrons. The second-order valence-electron chi connectivity index (χ2n) is 3.85. The monoisotopic (exact) mass is 347 g/mol. The largest absolute Gasteiger partial charge is 0.506 e. The fourth-order valence-corrected chi connectivity index (χ4v) is 2.27. The molecule has 19 heavy (non-hydrogen) atoms. The SMILES string of the molecule is Oc1c(Br)cccc1CNc1c(F)cc(F)cc1Cl. The quantitative estimate of drug-likeness (QED) is 0.843. The number of halogens is 4. The number of para-hydroxylation sites is 1. The lowest BCUT2D eigenvalue weighted by atomic mass is 10.2. The molecule has 2 aromatic rings. The molecule has 0 saturated heterocycles. The van der Waals surface area contributed by atoms with E-state index in [9.17, 15) is 13.9 Å². The molecule has 0 heterocycles. The van der Waals surface area contributed by atoms with Crippen molar-refractivity contribution < 1.29 is 13.9 Å². The first-order valence-electron chi connectivity index (χ1n) is 5.34. The van der Waals surface area contributed by atoms with Crippen LogP contribution in [-0.4, -0.2) is 5.11 Å². The highest BCUT2D eigenvalue weighted by atomic mass is 79.9. The van der Waals surface area contributed by atoms with Crippen molar-refractivity contribution in [2.75, 3.05) is 5.32 Å². The third-order valence-electron chi connectivity index (χ3n) is 2.53. The number of aromatic hydroxyl groups is 1. The normalized spacial score (nSPS) is 10.5. The van der Waals surface area contributed by atoms with Gasteiger partial charge in [-0.1, -0.05) is 23.7 Å². The van der Waals surface area contributed by atoms with Gasteiger partial charge < -0.3 is 10.4 Å². The molecular weight excluding hydrogens is 340 g/mol. The number of nitrogens with one attached hydrogen (secondary N) is 1. The number of hydrogen-bond donors (Lipinski definition) is 2. The van der Waals surface area contributed by atoms with Gasteiger partial charge in [-0.15, -0.1) is 0 Å². The van der Waals surface area contributed by atoms with Crippen LogP contribution in [0.15, 0.2) is 34.8 Å². The molecule has 0 aliphatic rings. The van der Waals surface area contributed by atoms with Crippen LogP contribution in [0.2, 0.25) is 5.02 Å². The predicted octanol–water partition coefficient (Wildman–Crippen LogP) is 4.70. The summed E-state index contributed by atoms with van der Waals surface area (Å²) in [7, 11) is 0. The van der Waals surface area contributed by atoms with E-state index in [4.69, 9.17) is 11.6 Å². The summed E-state index contributed by atoms with van der Waals surface area (Å²) in [6.07, 6.45) is 0. The molecule has 0 unspecified atom stereocenters. The zero-order valence-corrected chi connectivity index (χ0v) is 11.9. The predicted molar refractivity (Wildman–Crippen MR) is 74.5 cm³/mol. The van der Waals surface area contributed by atoms with E-state index in [1.807, 2.05) is 0 Å². The lowest BCUT2D eigenvalue weighted by molar-refractivity contribution is 0.465. The molecule has 0 aliphatic carbocycles. The molecular formula is C13H9BrClF2NO. The van der Waals surface area contributed by atoms with Crippen molar-refractivity contribution in [2.45, 2.75) is 6.54 Å². The lowest BCUT2D eigenvalue weighted by Crippen LogP contribution is -2.03. The molecule has 2 nitrogen and oxygen atoms in total. The second-order valence-corrected chi connectivity index (χ2v) is 5.11. The zero-order chi connectivity index (χ0) is 14.0. The molecule has 2 rings (SSSR count). The smallest absolute Gasteiger partial charge is 0.150 e. The summed E-state index contributed by atoms with van der Waals surface area (Å²) in [5, 5.41) is 12.5. The molecule has 2 N–H and O–H groups in total. The Morgan fingerprint density at radius 2 is 2.00 bits per heavy atom. The van der Waals surface area contributed by atoms with Crippen LogP contribution in [0, 0.1) is 11.6 Å². The van der Waals surface area contributed by atoms with Crippen LogP contribution in [0.1, 0.15) is 5.56 Å². The fourth-order valence-electron chi connectivity index (χ4n) is 1.60. The molecule has 0 aromatic heterocycles. The molecule has 0 bridgehead atoms. The average molecular weight is 349 g/mol. The van der Waals surface area contributed by atoms with Crippen molar-refractivity contribution in [3.63, 3.8) is 0 Å². The summed E-state index contributed by atoms with van der Waals surface area (Å²) >= 11 is 8.94. The molecule has 0 aliphatic heterocycles. The number of phenolic OH excluding ortho intramolecular Hbond substituents is 1. The van der Waals surface area contributed by atoms with Crippen LogP contribution >= 0.6 is 27.5 Å². The molecule has 0 atom stereocenters. The number of rotatable bonds is 3. The van der Waals surface area contributed by atoms with Gasteiger partial charge in [-0.25, -0.2) is 8.78 Å². The van der Waals surface area contributed by atoms with E-state index in [1.165, 1.54) is 0 Å². The third kappa shape index (κ3) is 3.16. The minimum Gasteiger partial charge on any atom is -0.506 e. The van der Waals surface area contributed by atoms with E-state index in [1.54, 1.807) is 18.2 Å². The fraction of sp³-hybridized carbons (Fsp3) is 0.0769. The van der Waals surface area contributed by atoms with Gasteiger partial charge in [0.25, 0.3) is 0 Å². The summed E-state index contributed by atoms with van der Waals surface area (Å²) in [5.74, 6) is -1.45. The molecule has 6 heteroatoms. The van der Waals surface area contributed by atoms with Crippen molar-refractivity contribution in [1.29, 1.82) is 0 Å². The lowest BCUT2D eigenvalue weighted by Gasteiger charge is -2.11. The van der Waals surface area contributed by atoms with Crippen LogP contribution in [-0.2, 0) is 6.54 Å². The molecule has 2 aromatic carbocycles. The zero-order valence-electron chi connectivity index (χ0n) is 9.55. The van der Waals surface area contributed by atoms with Crippen molar-refractivity contribution in [3.05, 3.63) is 57.0 Å². The van der Waals surface area contributed by atoms with E-state index < -0.39 is 11.6 Å². The topological polar surface area (TPSA) is 32.3 Å². The maximum absolute atomic E-state index is 13.5. The van der Waals surface area contributed by atoms with Crippen molar-refractivity contribution >= 4 is 33.2 Å². The number of benzene rings is 2. The van der Waals surface area contributed by atoms with Gasteiger partial charge in [-0.2, -0.15) is 0 Å². The highest BCUT2D eigenvalue weighted by Crippen LogP contribution is 2.30. The number of anilines is 1. The Hall–Kier alpha value is -1.33. The van der Waals surface area contributed by atoms with Crippen LogP contribution in [0.3, 0.4) is 0 Å². The summed E-state index contributed by atoms with van der Waals surface area (Å²) < 4.78 is 27.0. The highest BCUT2D eigenvalue weighted by Gasteiger charge is 2.11. The van der Waals surface area contributed by atoms with Crippen LogP contribution in [0.5, 0.6) is 5.75 Å². The van der Waals surface area contributed by atoms with Gasteiger partial charge in [-0.05, 0) is 28.1 Å². The Bertz CT molecular complexity index is 599. The minimum absolute atomic E-state index is 0.00226. The van der Waals surface area contributed by atoms with Crippen LogP contribution in [0.4, 0.5) is 14.5 Å². The number of hydrogen-bond acceptors (Lipinski definition) is 2. The summed E-state index contributed by atoms with van der Waals surface area (Å²) in [4.78, 5) is 0. The first-order valence-corrected chi connectivity index (χ1v) is 6.51. The van der Waals surface area contributed by atoms with E-state index in [0.29, 0.717) is 10.0 Å². The molecule has 0 saturated carbocycles. The van der Waals surface area contributed by atoms with Gasteiger partial charge in [0.1, 0.15) is 11.6 Å². The van der Waals surface area contributed by atoms with Gasteiger partial charge in [0.15, 0.2) is 5.82 Å². The first-order chi connectivity index (χ1) is 8.99. The van der Waals surface area contributed by atoms with E-state index in [0.717, 1.165) is 12.1 Å². The van der Waals surface area contributed by atoms with Crippen LogP contribution < -0.4 is 5.32 Å². The van der Waals surface area contributed by atoms with Gasteiger partial charge in [-0.3, -0.25) is 0 Å². The van der Waals surface area contributed by atoms with Crippen molar-refractivity contribution in [1.82, 2.24) is 0 Å². The minimum atomic E-state index is -0.778. The Morgan fingerprint density at radius 1 is 1.26 bits per heavy atom.